The Morgan fingerprint density at radius 2 is 2.08 bits per heavy atom. The van der Waals surface area contributed by atoms with Gasteiger partial charge in [-0.1, -0.05) is 13.3 Å². The summed E-state index contributed by atoms with van der Waals surface area (Å²) in [5, 5.41) is 9.65. The largest absolute Gasteiger partial charge is 0.378 e. The van der Waals surface area contributed by atoms with Crippen molar-refractivity contribution in [3.63, 3.8) is 0 Å². The SMILES string of the molecule is CCCC(O)N1CCC(N)CC1. The van der Waals surface area contributed by atoms with Crippen molar-refractivity contribution >= 4 is 0 Å². The van der Waals surface area contributed by atoms with Crippen LogP contribution in [0.3, 0.4) is 0 Å². The first-order valence-electron chi connectivity index (χ1n) is 4.91. The molecule has 3 heteroatoms. The van der Waals surface area contributed by atoms with Crippen molar-refractivity contribution < 1.29 is 5.11 Å². The number of hydrogen-bond donors (Lipinski definition) is 2. The molecule has 1 aliphatic heterocycles. The van der Waals surface area contributed by atoms with Crippen molar-refractivity contribution in [2.45, 2.75) is 44.9 Å². The monoisotopic (exact) mass is 172 g/mol. The van der Waals surface area contributed by atoms with Crippen LogP contribution in [0.5, 0.6) is 0 Å². The number of aliphatic hydroxyl groups is 1. The van der Waals surface area contributed by atoms with Crippen LogP contribution in [0.1, 0.15) is 32.6 Å². The predicted molar refractivity (Wildman–Crippen MR) is 49.7 cm³/mol. The number of nitrogens with two attached hydrogens (primary N) is 1. The molecule has 72 valence electrons. The third-order valence-corrected chi connectivity index (χ3v) is 2.54. The van der Waals surface area contributed by atoms with Gasteiger partial charge in [-0.2, -0.15) is 0 Å². The summed E-state index contributed by atoms with van der Waals surface area (Å²) in [7, 11) is 0. The Bertz CT molecular complexity index is 122. The van der Waals surface area contributed by atoms with Crippen LogP contribution in [0.25, 0.3) is 0 Å². The van der Waals surface area contributed by atoms with Gasteiger partial charge in [0.2, 0.25) is 0 Å². The van der Waals surface area contributed by atoms with E-state index in [0.29, 0.717) is 6.04 Å². The Balaban J connectivity index is 2.24. The molecule has 3 N–H and O–H groups in total. The highest BCUT2D eigenvalue weighted by Gasteiger charge is 2.20. The molecule has 1 fully saturated rings. The van der Waals surface area contributed by atoms with Crippen LogP contribution in [-0.2, 0) is 0 Å². The Morgan fingerprint density at radius 3 is 2.58 bits per heavy atom. The van der Waals surface area contributed by atoms with E-state index in [4.69, 9.17) is 5.73 Å². The van der Waals surface area contributed by atoms with Gasteiger partial charge in [0.25, 0.3) is 0 Å². The van der Waals surface area contributed by atoms with Gasteiger partial charge in [0.05, 0.1) is 0 Å². The van der Waals surface area contributed by atoms with Crippen LogP contribution in [-0.4, -0.2) is 35.4 Å². The quantitative estimate of drug-likeness (QED) is 0.653. The van der Waals surface area contributed by atoms with Gasteiger partial charge in [-0.05, 0) is 19.3 Å². The van der Waals surface area contributed by atoms with Gasteiger partial charge >= 0.3 is 0 Å². The van der Waals surface area contributed by atoms with Crippen molar-refractivity contribution in [3.8, 4) is 0 Å². The molecule has 1 atom stereocenters. The molecule has 0 aromatic carbocycles. The van der Waals surface area contributed by atoms with E-state index in [2.05, 4.69) is 11.8 Å². The molecule has 1 unspecified atom stereocenters. The van der Waals surface area contributed by atoms with E-state index in [-0.39, 0.29) is 6.23 Å². The summed E-state index contributed by atoms with van der Waals surface area (Å²) in [6.07, 6.45) is 3.75. The molecular weight excluding hydrogens is 152 g/mol. The summed E-state index contributed by atoms with van der Waals surface area (Å²) in [5.41, 5.74) is 5.76. The van der Waals surface area contributed by atoms with Crippen LogP contribution in [0, 0.1) is 0 Å². The fraction of sp³-hybridized carbons (Fsp3) is 1.00. The van der Waals surface area contributed by atoms with Crippen LogP contribution in [0.15, 0.2) is 0 Å². The lowest BCUT2D eigenvalue weighted by Gasteiger charge is -2.33. The van der Waals surface area contributed by atoms with Gasteiger partial charge in [0, 0.05) is 19.1 Å². The number of piperidine rings is 1. The molecule has 0 spiro atoms. The van der Waals surface area contributed by atoms with Crippen molar-refractivity contribution in [3.05, 3.63) is 0 Å². The Kier molecular flexibility index (Phi) is 3.98. The standard InChI is InChI=1S/C9H20N2O/c1-2-3-9(12)11-6-4-8(10)5-7-11/h8-9,12H,2-7,10H2,1H3. The molecule has 1 saturated heterocycles. The van der Waals surface area contributed by atoms with Crippen molar-refractivity contribution in [2.24, 2.45) is 5.73 Å². The van der Waals surface area contributed by atoms with Gasteiger partial charge in [0.1, 0.15) is 6.23 Å². The molecule has 1 heterocycles. The van der Waals surface area contributed by atoms with E-state index in [1.165, 1.54) is 0 Å². The van der Waals surface area contributed by atoms with Gasteiger partial charge in [-0.3, -0.25) is 4.90 Å². The van der Waals surface area contributed by atoms with E-state index in [1.807, 2.05) is 0 Å². The van der Waals surface area contributed by atoms with E-state index in [0.717, 1.165) is 38.8 Å². The molecule has 0 aromatic rings. The first-order valence-corrected chi connectivity index (χ1v) is 4.91. The zero-order chi connectivity index (χ0) is 8.97. The average Bonchev–Trinajstić information content (AvgIpc) is 2.06. The molecule has 0 aromatic heterocycles. The minimum absolute atomic E-state index is 0.234. The second-order valence-electron chi connectivity index (χ2n) is 3.64. The lowest BCUT2D eigenvalue weighted by atomic mass is 10.1. The normalized spacial score (nSPS) is 24.2. The Hall–Kier alpha value is -0.120. The summed E-state index contributed by atoms with van der Waals surface area (Å²) < 4.78 is 0. The number of aliphatic hydroxyl groups excluding tert-OH is 1. The van der Waals surface area contributed by atoms with Gasteiger partial charge in [-0.25, -0.2) is 0 Å². The predicted octanol–water partition coefficient (Wildman–Crippen LogP) is 0.528. The minimum atomic E-state index is -0.234. The molecule has 3 nitrogen and oxygen atoms in total. The molecule has 0 amide bonds. The van der Waals surface area contributed by atoms with Gasteiger partial charge in [-0.15, -0.1) is 0 Å². The van der Waals surface area contributed by atoms with Crippen LogP contribution in [0.2, 0.25) is 0 Å². The van der Waals surface area contributed by atoms with Crippen molar-refractivity contribution in [1.29, 1.82) is 0 Å². The molecule has 0 aliphatic carbocycles. The zero-order valence-electron chi connectivity index (χ0n) is 7.87. The maximum atomic E-state index is 9.65. The fourth-order valence-electron chi connectivity index (χ4n) is 1.66. The van der Waals surface area contributed by atoms with E-state index >= 15 is 0 Å². The summed E-state index contributed by atoms with van der Waals surface area (Å²) in [5.74, 6) is 0. The highest BCUT2D eigenvalue weighted by Crippen LogP contribution is 2.12. The topological polar surface area (TPSA) is 49.5 Å². The highest BCUT2D eigenvalue weighted by atomic mass is 16.3. The van der Waals surface area contributed by atoms with Gasteiger partial charge < -0.3 is 10.8 Å². The molecule has 0 saturated carbocycles. The Morgan fingerprint density at radius 1 is 1.50 bits per heavy atom. The van der Waals surface area contributed by atoms with Crippen molar-refractivity contribution in [1.82, 2.24) is 4.90 Å². The highest BCUT2D eigenvalue weighted by molar-refractivity contribution is 4.75. The number of nitrogens with zero attached hydrogens (tertiary/aromatic N) is 1. The molecule has 0 radical (unpaired) electrons. The van der Waals surface area contributed by atoms with Gasteiger partial charge in [0.15, 0.2) is 0 Å². The van der Waals surface area contributed by atoms with Crippen LogP contribution < -0.4 is 5.73 Å². The molecule has 1 rings (SSSR count). The van der Waals surface area contributed by atoms with E-state index in [9.17, 15) is 5.11 Å². The maximum Gasteiger partial charge on any atom is 0.107 e. The van der Waals surface area contributed by atoms with Crippen LogP contribution in [0.4, 0.5) is 0 Å². The average molecular weight is 172 g/mol. The number of hydrogen-bond acceptors (Lipinski definition) is 3. The van der Waals surface area contributed by atoms with Crippen LogP contribution >= 0.6 is 0 Å². The summed E-state index contributed by atoms with van der Waals surface area (Å²) >= 11 is 0. The van der Waals surface area contributed by atoms with E-state index in [1.54, 1.807) is 0 Å². The first-order chi connectivity index (χ1) is 5.74. The number of rotatable bonds is 3. The molecule has 0 bridgehead atoms. The van der Waals surface area contributed by atoms with Crippen molar-refractivity contribution in [2.75, 3.05) is 13.1 Å². The lowest BCUT2D eigenvalue weighted by Crippen LogP contribution is -2.44. The third-order valence-electron chi connectivity index (χ3n) is 2.54. The third kappa shape index (κ3) is 2.73. The zero-order valence-corrected chi connectivity index (χ0v) is 7.87. The first kappa shape index (κ1) is 9.96. The molecular formula is C9H20N2O. The maximum absolute atomic E-state index is 9.65. The molecule has 12 heavy (non-hydrogen) atoms. The lowest BCUT2D eigenvalue weighted by molar-refractivity contribution is -0.0162. The summed E-state index contributed by atoms with van der Waals surface area (Å²) in [6.45, 7) is 4.02. The van der Waals surface area contributed by atoms with E-state index < -0.39 is 0 Å². The Labute approximate surface area is 74.5 Å². The summed E-state index contributed by atoms with van der Waals surface area (Å²) in [4.78, 5) is 2.13. The second kappa shape index (κ2) is 4.80. The minimum Gasteiger partial charge on any atom is -0.378 e. The number of likely N-dealkylation sites (tertiary alicyclic amines) is 1. The second-order valence-corrected chi connectivity index (χ2v) is 3.64. The molecule has 1 aliphatic rings. The summed E-state index contributed by atoms with van der Waals surface area (Å²) in [6, 6.07) is 0.357. The fourth-order valence-corrected chi connectivity index (χ4v) is 1.66. The smallest absolute Gasteiger partial charge is 0.107 e.